The number of rotatable bonds is 8. The van der Waals surface area contributed by atoms with Crippen LogP contribution in [0.5, 0.6) is 0 Å². The first kappa shape index (κ1) is 22.8. The molecule has 2 unspecified atom stereocenters. The second kappa shape index (κ2) is 10.5. The van der Waals surface area contributed by atoms with Gasteiger partial charge in [0.1, 0.15) is 18.0 Å². The molecule has 2 atom stereocenters. The van der Waals surface area contributed by atoms with Gasteiger partial charge in [-0.1, -0.05) is 24.3 Å². The number of ether oxygens (including phenoxy) is 2. The number of cyclic esters (lactones) is 1. The van der Waals surface area contributed by atoms with Gasteiger partial charge in [-0.15, -0.1) is 0 Å². The first-order valence-corrected chi connectivity index (χ1v) is 11.1. The van der Waals surface area contributed by atoms with Crippen LogP contribution in [-0.2, 0) is 20.8 Å². The van der Waals surface area contributed by atoms with E-state index in [0.29, 0.717) is 17.8 Å². The minimum Gasteiger partial charge on any atom is -0.497 e. The number of hydrogen-bond donors (Lipinski definition) is 2. The van der Waals surface area contributed by atoms with E-state index in [2.05, 4.69) is 10.6 Å². The molecule has 7 nitrogen and oxygen atoms in total. The molecule has 0 radical (unpaired) electrons. The largest absolute Gasteiger partial charge is 0.497 e. The number of halogens is 1. The Balaban J connectivity index is 1.35. The summed E-state index contributed by atoms with van der Waals surface area (Å²) < 4.78 is 25.7. The fourth-order valence-electron chi connectivity index (χ4n) is 3.92. The van der Waals surface area contributed by atoms with Gasteiger partial charge < -0.3 is 20.1 Å². The maximum absolute atomic E-state index is 14.9. The highest BCUT2D eigenvalue weighted by atomic mass is 19.1. The van der Waals surface area contributed by atoms with Gasteiger partial charge in [0.05, 0.1) is 25.0 Å². The van der Waals surface area contributed by atoms with Crippen molar-refractivity contribution in [3.8, 4) is 11.1 Å². The van der Waals surface area contributed by atoms with Crippen LogP contribution in [0.1, 0.15) is 25.3 Å². The summed E-state index contributed by atoms with van der Waals surface area (Å²) in [6.45, 7) is 3.37. The molecule has 0 aliphatic carbocycles. The fraction of sp³-hybridized carbons (Fsp3) is 0.360. The number of anilines is 1. The van der Waals surface area contributed by atoms with Gasteiger partial charge in [-0.2, -0.15) is 0 Å². The topological polar surface area (TPSA) is 79.9 Å². The molecule has 2 aliphatic rings. The Kier molecular flexibility index (Phi) is 7.24. The quantitative estimate of drug-likeness (QED) is 0.637. The van der Waals surface area contributed by atoms with Crippen LogP contribution in [0.3, 0.4) is 0 Å². The number of amides is 2. The number of nitrogens with one attached hydrogen (secondary N) is 2. The lowest BCUT2D eigenvalue weighted by molar-refractivity contribution is -0.119. The number of benzene rings is 2. The third kappa shape index (κ3) is 5.90. The summed E-state index contributed by atoms with van der Waals surface area (Å²) in [5, 5.41) is 6.02. The summed E-state index contributed by atoms with van der Waals surface area (Å²) in [5.41, 5.74) is 2.75. The standard InChI is InChI=1S/C25H28FN3O4/c1-17(30)28-15-22-16-29(25(31)33-22)20-9-10-23(24(26)12-20)19-7-5-18(6-8-19)13-27-14-21-4-2-3-11-32-21/h3,5-12,21-22,27H,2,4,13-16H2,1H3,(H,28,30). The van der Waals surface area contributed by atoms with Crippen molar-refractivity contribution in [2.45, 2.75) is 38.5 Å². The predicted octanol–water partition coefficient (Wildman–Crippen LogP) is 3.74. The van der Waals surface area contributed by atoms with Crippen molar-refractivity contribution in [3.05, 3.63) is 66.2 Å². The zero-order valence-corrected chi connectivity index (χ0v) is 18.6. The molecule has 0 aromatic heterocycles. The monoisotopic (exact) mass is 453 g/mol. The van der Waals surface area contributed by atoms with Crippen molar-refractivity contribution in [2.75, 3.05) is 24.5 Å². The molecule has 2 N–H and O–H groups in total. The van der Waals surface area contributed by atoms with Crippen LogP contribution in [0.4, 0.5) is 14.9 Å². The summed E-state index contributed by atoms with van der Waals surface area (Å²) in [6.07, 6.45) is 5.04. The lowest BCUT2D eigenvalue weighted by atomic mass is 10.0. The van der Waals surface area contributed by atoms with Crippen LogP contribution in [0, 0.1) is 5.82 Å². The molecule has 2 aliphatic heterocycles. The number of hydrogen-bond acceptors (Lipinski definition) is 5. The van der Waals surface area contributed by atoms with Gasteiger partial charge >= 0.3 is 6.09 Å². The van der Waals surface area contributed by atoms with E-state index in [9.17, 15) is 14.0 Å². The Morgan fingerprint density at radius 2 is 1.97 bits per heavy atom. The van der Waals surface area contributed by atoms with Crippen molar-refractivity contribution in [3.63, 3.8) is 0 Å². The third-order valence-corrected chi connectivity index (χ3v) is 5.71. The van der Waals surface area contributed by atoms with Gasteiger partial charge in [0.15, 0.2) is 0 Å². The van der Waals surface area contributed by atoms with Crippen LogP contribution in [0.25, 0.3) is 11.1 Å². The zero-order chi connectivity index (χ0) is 23.2. The van der Waals surface area contributed by atoms with Gasteiger partial charge in [-0.3, -0.25) is 9.69 Å². The molecule has 0 saturated carbocycles. The normalized spacial score (nSPS) is 19.8. The van der Waals surface area contributed by atoms with Crippen molar-refractivity contribution in [2.24, 2.45) is 0 Å². The minimum absolute atomic E-state index is 0.197. The Morgan fingerprint density at radius 3 is 2.67 bits per heavy atom. The number of allylic oxidation sites excluding steroid dienone is 1. The second-order valence-electron chi connectivity index (χ2n) is 8.25. The van der Waals surface area contributed by atoms with Crippen LogP contribution in [-0.4, -0.2) is 43.8 Å². The van der Waals surface area contributed by atoms with Gasteiger partial charge in [-0.25, -0.2) is 9.18 Å². The molecule has 2 heterocycles. The van der Waals surface area contributed by atoms with Crippen LogP contribution in [0.15, 0.2) is 54.8 Å². The van der Waals surface area contributed by atoms with Crippen LogP contribution >= 0.6 is 0 Å². The summed E-state index contributed by atoms with van der Waals surface area (Å²) >= 11 is 0. The molecule has 174 valence electrons. The molecule has 2 amide bonds. The van der Waals surface area contributed by atoms with E-state index in [1.807, 2.05) is 30.3 Å². The van der Waals surface area contributed by atoms with Crippen molar-refractivity contribution in [1.82, 2.24) is 10.6 Å². The van der Waals surface area contributed by atoms with E-state index in [0.717, 1.165) is 30.5 Å². The molecular weight excluding hydrogens is 425 g/mol. The van der Waals surface area contributed by atoms with E-state index in [-0.39, 0.29) is 25.1 Å². The van der Waals surface area contributed by atoms with Crippen LogP contribution in [0.2, 0.25) is 0 Å². The first-order chi connectivity index (χ1) is 16.0. The van der Waals surface area contributed by atoms with Crippen molar-refractivity contribution >= 4 is 17.7 Å². The van der Waals surface area contributed by atoms with Gasteiger partial charge in [0.25, 0.3) is 0 Å². The maximum Gasteiger partial charge on any atom is 0.414 e. The van der Waals surface area contributed by atoms with E-state index in [1.165, 1.54) is 17.9 Å². The molecule has 1 saturated heterocycles. The molecule has 33 heavy (non-hydrogen) atoms. The Hall–Kier alpha value is -3.39. The maximum atomic E-state index is 14.9. The number of carbonyl (C=O) groups excluding carboxylic acids is 2. The minimum atomic E-state index is -0.552. The Labute approximate surface area is 192 Å². The van der Waals surface area contributed by atoms with Crippen LogP contribution < -0.4 is 15.5 Å². The summed E-state index contributed by atoms with van der Waals surface area (Å²) in [4.78, 5) is 24.6. The molecule has 2 aromatic rings. The van der Waals surface area contributed by atoms with Gasteiger partial charge in [0.2, 0.25) is 5.91 Å². The average Bonchev–Trinajstić information content (AvgIpc) is 3.19. The highest BCUT2D eigenvalue weighted by Crippen LogP contribution is 2.29. The zero-order valence-electron chi connectivity index (χ0n) is 18.6. The van der Waals surface area contributed by atoms with E-state index in [1.54, 1.807) is 18.4 Å². The molecule has 0 spiro atoms. The molecule has 1 fully saturated rings. The highest BCUT2D eigenvalue weighted by molar-refractivity contribution is 5.90. The molecule has 4 rings (SSSR count). The predicted molar refractivity (Wildman–Crippen MR) is 123 cm³/mol. The van der Waals surface area contributed by atoms with Gasteiger partial charge in [0, 0.05) is 25.6 Å². The van der Waals surface area contributed by atoms with E-state index < -0.39 is 18.0 Å². The number of nitrogens with zero attached hydrogens (tertiary/aromatic N) is 1. The average molecular weight is 454 g/mol. The molecule has 2 aromatic carbocycles. The highest BCUT2D eigenvalue weighted by Gasteiger charge is 2.32. The third-order valence-electron chi connectivity index (χ3n) is 5.71. The van der Waals surface area contributed by atoms with E-state index in [4.69, 9.17) is 9.47 Å². The smallest absolute Gasteiger partial charge is 0.414 e. The second-order valence-corrected chi connectivity index (χ2v) is 8.25. The Morgan fingerprint density at radius 1 is 1.15 bits per heavy atom. The van der Waals surface area contributed by atoms with Gasteiger partial charge in [-0.05, 0) is 48.2 Å². The lowest BCUT2D eigenvalue weighted by Gasteiger charge is -2.19. The summed E-state index contributed by atoms with van der Waals surface area (Å²) in [7, 11) is 0. The molecule has 8 heteroatoms. The Bertz CT molecular complexity index is 1020. The fourth-order valence-corrected chi connectivity index (χ4v) is 3.92. The van der Waals surface area contributed by atoms with Crippen molar-refractivity contribution < 1.29 is 23.5 Å². The lowest BCUT2D eigenvalue weighted by Crippen LogP contribution is -2.33. The molecular formula is C25H28FN3O4. The SMILES string of the molecule is CC(=O)NCC1CN(c2ccc(-c3ccc(CNCC4CCC=CO4)cc3)c(F)c2)C(=O)O1. The molecule has 0 bridgehead atoms. The van der Waals surface area contributed by atoms with Crippen molar-refractivity contribution in [1.29, 1.82) is 0 Å². The summed E-state index contributed by atoms with van der Waals surface area (Å²) in [5.74, 6) is -0.614. The number of carbonyl (C=O) groups is 2. The van der Waals surface area contributed by atoms with E-state index >= 15 is 0 Å². The summed E-state index contributed by atoms with van der Waals surface area (Å²) in [6, 6.07) is 12.4. The first-order valence-electron chi connectivity index (χ1n) is 11.1.